The van der Waals surface area contributed by atoms with Crippen LogP contribution in [0, 0.1) is 7.14 Å². The lowest BCUT2D eigenvalue weighted by Crippen LogP contribution is -2.39. The summed E-state index contributed by atoms with van der Waals surface area (Å²) >= 11 is 4.84. The van der Waals surface area contributed by atoms with Gasteiger partial charge in [0.2, 0.25) is 0 Å². The summed E-state index contributed by atoms with van der Waals surface area (Å²) in [6, 6.07) is 17.9. The molecule has 1 saturated heterocycles. The highest BCUT2D eigenvalue weighted by atomic mass is 127. The molecule has 3 rings (SSSR count). The van der Waals surface area contributed by atoms with Crippen LogP contribution < -0.4 is 0 Å². The Kier molecular flexibility index (Phi) is 8.01. The highest BCUT2D eigenvalue weighted by Gasteiger charge is 2.22. The maximum absolute atomic E-state index is 5.99. The van der Waals surface area contributed by atoms with Crippen LogP contribution in [-0.2, 0) is 17.9 Å². The Bertz CT molecular complexity index is 676. The van der Waals surface area contributed by atoms with Crippen LogP contribution in [0.5, 0.6) is 0 Å². The number of ether oxygens (including phenoxy) is 1. The summed E-state index contributed by atoms with van der Waals surface area (Å²) in [7, 11) is 0. The second kappa shape index (κ2) is 10.2. The lowest BCUT2D eigenvalue weighted by atomic mass is 9.99. The van der Waals surface area contributed by atoms with Gasteiger partial charge in [-0.2, -0.15) is 0 Å². The fraction of sp³-hybridized carbons (Fsp3) is 0.429. The lowest BCUT2D eigenvalue weighted by Gasteiger charge is -2.36. The van der Waals surface area contributed by atoms with E-state index in [1.54, 1.807) is 0 Å². The summed E-state index contributed by atoms with van der Waals surface area (Å²) in [5.74, 6) is 0. The van der Waals surface area contributed by atoms with Gasteiger partial charge >= 0.3 is 0 Å². The summed E-state index contributed by atoms with van der Waals surface area (Å²) in [6.45, 7) is 3.85. The molecule has 1 aliphatic heterocycles. The summed E-state index contributed by atoms with van der Waals surface area (Å²) < 4.78 is 8.66. The van der Waals surface area contributed by atoms with Gasteiger partial charge in [-0.25, -0.2) is 0 Å². The third-order valence-electron chi connectivity index (χ3n) is 4.89. The van der Waals surface area contributed by atoms with E-state index in [2.05, 4.69) is 98.6 Å². The third-order valence-corrected chi connectivity index (χ3v) is 7.00. The molecule has 0 aliphatic carbocycles. The van der Waals surface area contributed by atoms with Crippen molar-refractivity contribution in [2.75, 3.05) is 13.2 Å². The summed E-state index contributed by atoms with van der Waals surface area (Å²) in [5.41, 5.74) is 2.75. The molecule has 1 aliphatic rings. The van der Waals surface area contributed by atoms with Crippen LogP contribution in [0.2, 0.25) is 0 Å². The van der Waals surface area contributed by atoms with Crippen molar-refractivity contribution < 1.29 is 4.74 Å². The fourth-order valence-corrected chi connectivity index (χ4v) is 4.56. The fourth-order valence-electron chi connectivity index (χ4n) is 3.46. The first-order valence-electron chi connectivity index (χ1n) is 9.02. The second-order valence-corrected chi connectivity index (χ2v) is 8.97. The van der Waals surface area contributed by atoms with Crippen LogP contribution in [-0.4, -0.2) is 24.1 Å². The molecule has 1 atom stereocenters. The Morgan fingerprint density at radius 2 is 1.60 bits per heavy atom. The second-order valence-electron chi connectivity index (χ2n) is 6.64. The molecule has 0 aromatic heterocycles. The van der Waals surface area contributed by atoms with E-state index >= 15 is 0 Å². The van der Waals surface area contributed by atoms with Crippen LogP contribution in [0.4, 0.5) is 0 Å². The summed E-state index contributed by atoms with van der Waals surface area (Å²) in [6.07, 6.45) is 5.11. The van der Waals surface area contributed by atoms with Gasteiger partial charge in [-0.1, -0.05) is 42.8 Å². The van der Waals surface area contributed by atoms with Gasteiger partial charge < -0.3 is 4.74 Å². The topological polar surface area (TPSA) is 12.5 Å². The maximum Gasteiger partial charge on any atom is 0.0727 e. The smallest absolute Gasteiger partial charge is 0.0727 e. The van der Waals surface area contributed by atoms with Crippen LogP contribution in [0.3, 0.4) is 0 Å². The maximum atomic E-state index is 5.99. The SMILES string of the molecule is Ic1ccccc1COCCC1CCCCN1Cc1ccccc1I. The Labute approximate surface area is 178 Å². The van der Waals surface area contributed by atoms with Crippen molar-refractivity contribution in [2.24, 2.45) is 0 Å². The predicted octanol–water partition coefficient (Wildman–Crippen LogP) is 5.86. The molecule has 1 unspecified atom stereocenters. The highest BCUT2D eigenvalue weighted by molar-refractivity contribution is 14.1. The van der Waals surface area contributed by atoms with Gasteiger partial charge in [-0.05, 0) is 94.2 Å². The number of halogens is 2. The van der Waals surface area contributed by atoms with Crippen molar-refractivity contribution in [3.63, 3.8) is 0 Å². The van der Waals surface area contributed by atoms with Crippen molar-refractivity contribution in [3.05, 3.63) is 66.8 Å². The van der Waals surface area contributed by atoms with E-state index in [0.29, 0.717) is 6.04 Å². The number of benzene rings is 2. The van der Waals surface area contributed by atoms with Crippen LogP contribution in [0.15, 0.2) is 48.5 Å². The molecule has 25 heavy (non-hydrogen) atoms. The van der Waals surface area contributed by atoms with E-state index in [1.807, 2.05) is 0 Å². The van der Waals surface area contributed by atoms with Crippen molar-refractivity contribution in [1.29, 1.82) is 0 Å². The monoisotopic (exact) mass is 561 g/mol. The van der Waals surface area contributed by atoms with Crippen molar-refractivity contribution in [1.82, 2.24) is 4.90 Å². The average molecular weight is 561 g/mol. The number of hydrogen-bond acceptors (Lipinski definition) is 2. The van der Waals surface area contributed by atoms with Gasteiger partial charge in [0, 0.05) is 26.3 Å². The van der Waals surface area contributed by atoms with Crippen molar-refractivity contribution in [2.45, 2.75) is 44.9 Å². The number of hydrogen-bond donors (Lipinski definition) is 0. The van der Waals surface area contributed by atoms with Crippen molar-refractivity contribution >= 4 is 45.2 Å². The first-order chi connectivity index (χ1) is 12.2. The van der Waals surface area contributed by atoms with Crippen LogP contribution in [0.1, 0.15) is 36.8 Å². The molecule has 0 saturated carbocycles. The molecule has 4 heteroatoms. The minimum absolute atomic E-state index is 0.652. The quantitative estimate of drug-likeness (QED) is 0.311. The van der Waals surface area contributed by atoms with Gasteiger partial charge in [0.25, 0.3) is 0 Å². The Morgan fingerprint density at radius 1 is 0.920 bits per heavy atom. The van der Waals surface area contributed by atoms with E-state index in [1.165, 1.54) is 44.1 Å². The van der Waals surface area contributed by atoms with E-state index < -0.39 is 0 Å². The molecule has 1 heterocycles. The van der Waals surface area contributed by atoms with Crippen LogP contribution in [0.25, 0.3) is 0 Å². The molecular formula is C21H25I2NO. The zero-order valence-corrected chi connectivity index (χ0v) is 18.8. The van der Waals surface area contributed by atoms with E-state index in [0.717, 1.165) is 26.2 Å². The van der Waals surface area contributed by atoms with Crippen LogP contribution >= 0.6 is 45.2 Å². The lowest BCUT2D eigenvalue weighted by molar-refractivity contribution is 0.0690. The molecule has 2 nitrogen and oxygen atoms in total. The molecule has 0 radical (unpaired) electrons. The summed E-state index contributed by atoms with van der Waals surface area (Å²) in [5, 5.41) is 0. The predicted molar refractivity (Wildman–Crippen MR) is 121 cm³/mol. The van der Waals surface area contributed by atoms with Gasteiger partial charge in [0.05, 0.1) is 6.61 Å². The van der Waals surface area contributed by atoms with Gasteiger partial charge in [-0.15, -0.1) is 0 Å². The molecule has 0 amide bonds. The Morgan fingerprint density at radius 3 is 2.32 bits per heavy atom. The molecular weight excluding hydrogens is 536 g/mol. The number of rotatable bonds is 7. The van der Waals surface area contributed by atoms with Gasteiger partial charge in [-0.3, -0.25) is 4.90 Å². The van der Waals surface area contributed by atoms with Gasteiger partial charge in [0.15, 0.2) is 0 Å². The van der Waals surface area contributed by atoms with Crippen molar-refractivity contribution in [3.8, 4) is 0 Å². The molecule has 1 fully saturated rings. The Hall–Kier alpha value is -0.180. The Balaban J connectivity index is 1.49. The molecule has 0 spiro atoms. The molecule has 0 N–H and O–H groups in total. The largest absolute Gasteiger partial charge is 0.377 e. The molecule has 134 valence electrons. The standard InChI is InChI=1S/C21H25I2NO/c22-20-10-3-1-7-17(20)15-24-13-6-5-9-19(24)12-14-25-16-18-8-2-4-11-21(18)23/h1-4,7-8,10-11,19H,5-6,9,12-16H2. The third kappa shape index (κ3) is 5.91. The minimum atomic E-state index is 0.652. The van der Waals surface area contributed by atoms with E-state index in [4.69, 9.17) is 4.74 Å². The summed E-state index contributed by atoms with van der Waals surface area (Å²) in [4.78, 5) is 2.66. The highest BCUT2D eigenvalue weighted by Crippen LogP contribution is 2.24. The van der Waals surface area contributed by atoms with Gasteiger partial charge in [0.1, 0.15) is 0 Å². The minimum Gasteiger partial charge on any atom is -0.377 e. The van der Waals surface area contributed by atoms with E-state index in [-0.39, 0.29) is 0 Å². The molecule has 2 aromatic rings. The average Bonchev–Trinajstić information content (AvgIpc) is 2.63. The zero-order chi connectivity index (χ0) is 17.5. The number of likely N-dealkylation sites (tertiary alicyclic amines) is 1. The number of nitrogens with zero attached hydrogens (tertiary/aromatic N) is 1. The molecule has 0 bridgehead atoms. The first kappa shape index (κ1) is 19.6. The number of piperidine rings is 1. The normalized spacial score (nSPS) is 18.4. The zero-order valence-electron chi connectivity index (χ0n) is 14.5. The van der Waals surface area contributed by atoms with E-state index in [9.17, 15) is 0 Å². The first-order valence-corrected chi connectivity index (χ1v) is 11.2. The molecule has 2 aromatic carbocycles.